The Morgan fingerprint density at radius 1 is 1.14 bits per heavy atom. The summed E-state index contributed by atoms with van der Waals surface area (Å²) in [4.78, 5) is 39.0. The number of hydrogen-bond acceptors (Lipinski definition) is 5. The molecule has 35 heavy (non-hydrogen) atoms. The lowest BCUT2D eigenvalue weighted by molar-refractivity contribution is -0.137. The summed E-state index contributed by atoms with van der Waals surface area (Å²) in [5.74, 6) is -1.44. The van der Waals surface area contributed by atoms with Gasteiger partial charge in [0.15, 0.2) is 0 Å². The molecule has 1 amide bonds. The highest BCUT2D eigenvalue weighted by Crippen LogP contribution is 2.30. The Balaban J connectivity index is 1.79. The summed E-state index contributed by atoms with van der Waals surface area (Å²) in [5, 5.41) is 6.35. The molecule has 1 saturated heterocycles. The maximum Gasteiger partial charge on any atom is 0.416 e. The van der Waals surface area contributed by atoms with Crippen LogP contribution in [0.25, 0.3) is 5.69 Å². The Bertz CT molecular complexity index is 1340. The van der Waals surface area contributed by atoms with E-state index in [1.807, 2.05) is 0 Å². The van der Waals surface area contributed by atoms with Gasteiger partial charge in [0.1, 0.15) is 5.82 Å². The van der Waals surface area contributed by atoms with Crippen LogP contribution in [0.1, 0.15) is 34.5 Å². The van der Waals surface area contributed by atoms with Gasteiger partial charge < -0.3 is 10.1 Å². The fourth-order valence-corrected chi connectivity index (χ4v) is 3.65. The fraction of sp³-hybridized carbons (Fsp3) is 0.304. The van der Waals surface area contributed by atoms with Gasteiger partial charge in [0.2, 0.25) is 5.69 Å². The van der Waals surface area contributed by atoms with Crippen molar-refractivity contribution in [1.29, 1.82) is 0 Å². The maximum absolute atomic E-state index is 13.3. The highest BCUT2D eigenvalue weighted by atomic mass is 19.4. The second-order valence-electron chi connectivity index (χ2n) is 7.95. The lowest BCUT2D eigenvalue weighted by Crippen LogP contribution is -2.46. The third kappa shape index (κ3) is 5.48. The second kappa shape index (κ2) is 9.82. The van der Waals surface area contributed by atoms with Crippen LogP contribution in [-0.2, 0) is 17.5 Å². The zero-order valence-corrected chi connectivity index (χ0v) is 18.2. The van der Waals surface area contributed by atoms with E-state index in [9.17, 15) is 31.9 Å². The average Bonchev–Trinajstić information content (AvgIpc) is 3.35. The fourth-order valence-electron chi connectivity index (χ4n) is 3.65. The number of nitrogens with one attached hydrogen (secondary N) is 1. The molecule has 1 N–H and O–H groups in total. The number of amides is 1. The quantitative estimate of drug-likeness (QED) is 0.534. The van der Waals surface area contributed by atoms with Crippen molar-refractivity contribution in [2.24, 2.45) is 0 Å². The maximum atomic E-state index is 13.3. The van der Waals surface area contributed by atoms with E-state index in [4.69, 9.17) is 4.74 Å². The summed E-state index contributed by atoms with van der Waals surface area (Å²) in [5.41, 5.74) is -3.74. The molecular weight excluding hydrogens is 472 g/mol. The Labute approximate surface area is 195 Å². The van der Waals surface area contributed by atoms with Crippen LogP contribution in [0.4, 0.5) is 17.6 Å². The van der Waals surface area contributed by atoms with Gasteiger partial charge >= 0.3 is 11.9 Å². The van der Waals surface area contributed by atoms with Gasteiger partial charge in [-0.25, -0.2) is 9.18 Å². The van der Waals surface area contributed by atoms with Crippen molar-refractivity contribution in [2.45, 2.75) is 31.7 Å². The van der Waals surface area contributed by atoms with E-state index < -0.39 is 40.4 Å². The monoisotopic (exact) mass is 492 g/mol. The van der Waals surface area contributed by atoms with Crippen molar-refractivity contribution in [3.05, 3.63) is 92.0 Å². The van der Waals surface area contributed by atoms with E-state index in [1.54, 1.807) is 0 Å². The third-order valence-electron chi connectivity index (χ3n) is 5.46. The molecule has 0 radical (unpaired) electrons. The first-order valence-corrected chi connectivity index (χ1v) is 10.7. The molecule has 1 fully saturated rings. The topological polar surface area (TPSA) is 95.2 Å². The van der Waals surface area contributed by atoms with Gasteiger partial charge in [-0.2, -0.15) is 23.0 Å². The molecule has 4 rings (SSSR count). The number of halogens is 4. The number of ether oxygens (including phenoxy) is 1. The number of alkyl halides is 3. The molecule has 1 aromatic heterocycles. The van der Waals surface area contributed by atoms with Gasteiger partial charge in [-0.3, -0.25) is 14.2 Å². The van der Waals surface area contributed by atoms with E-state index in [1.165, 1.54) is 18.2 Å². The van der Waals surface area contributed by atoms with Crippen molar-refractivity contribution in [3.8, 4) is 5.69 Å². The highest BCUT2D eigenvalue weighted by Gasteiger charge is 2.31. The summed E-state index contributed by atoms with van der Waals surface area (Å²) in [7, 11) is 0. The van der Waals surface area contributed by atoms with Crippen molar-refractivity contribution >= 4 is 5.91 Å². The Kier molecular flexibility index (Phi) is 6.83. The molecule has 12 heteroatoms. The molecule has 8 nitrogen and oxygen atoms in total. The number of carbonyl (C=O) groups excluding carboxylic acids is 1. The molecule has 1 aliphatic heterocycles. The first-order chi connectivity index (χ1) is 16.6. The number of hydrogen-bond donors (Lipinski definition) is 1. The Morgan fingerprint density at radius 2 is 1.89 bits per heavy atom. The number of rotatable bonds is 6. The zero-order valence-electron chi connectivity index (χ0n) is 18.2. The lowest BCUT2D eigenvalue weighted by atomic mass is 10.2. The van der Waals surface area contributed by atoms with Crippen LogP contribution in [0.3, 0.4) is 0 Å². The number of benzene rings is 2. The minimum Gasteiger partial charge on any atom is -0.376 e. The van der Waals surface area contributed by atoms with E-state index in [0.29, 0.717) is 33.9 Å². The lowest BCUT2D eigenvalue weighted by Gasteiger charge is -2.14. The largest absolute Gasteiger partial charge is 0.416 e. The Hall–Kier alpha value is -3.80. The summed E-state index contributed by atoms with van der Waals surface area (Å²) in [6.07, 6.45) is -3.39. The summed E-state index contributed by atoms with van der Waals surface area (Å²) >= 11 is 0. The van der Waals surface area contributed by atoms with E-state index >= 15 is 0 Å². The Morgan fingerprint density at radius 3 is 2.54 bits per heavy atom. The van der Waals surface area contributed by atoms with Crippen LogP contribution >= 0.6 is 0 Å². The second-order valence-corrected chi connectivity index (χ2v) is 7.95. The van der Waals surface area contributed by atoms with Crippen LogP contribution in [0.2, 0.25) is 0 Å². The van der Waals surface area contributed by atoms with Crippen LogP contribution < -0.4 is 16.6 Å². The predicted molar refractivity (Wildman–Crippen MR) is 116 cm³/mol. The number of nitrogens with zero attached hydrogens (tertiary/aromatic N) is 3. The van der Waals surface area contributed by atoms with Gasteiger partial charge in [-0.15, -0.1) is 0 Å². The molecule has 0 aliphatic carbocycles. The minimum atomic E-state index is -4.69. The van der Waals surface area contributed by atoms with Gasteiger partial charge in [0, 0.05) is 13.2 Å². The normalized spacial score (nSPS) is 15.8. The van der Waals surface area contributed by atoms with Crippen molar-refractivity contribution in [3.63, 3.8) is 0 Å². The first-order valence-electron chi connectivity index (χ1n) is 10.7. The first kappa shape index (κ1) is 24.3. The van der Waals surface area contributed by atoms with Crippen LogP contribution in [0, 0.1) is 5.82 Å². The molecule has 1 unspecified atom stereocenters. The van der Waals surface area contributed by atoms with Gasteiger partial charge in [0.25, 0.3) is 11.5 Å². The van der Waals surface area contributed by atoms with E-state index in [0.717, 1.165) is 30.7 Å². The van der Waals surface area contributed by atoms with Crippen molar-refractivity contribution in [1.82, 2.24) is 19.7 Å². The van der Waals surface area contributed by atoms with Crippen LogP contribution in [-0.4, -0.2) is 39.5 Å². The van der Waals surface area contributed by atoms with Crippen molar-refractivity contribution < 1.29 is 27.1 Å². The van der Waals surface area contributed by atoms with Gasteiger partial charge in [0.05, 0.1) is 23.9 Å². The highest BCUT2D eigenvalue weighted by molar-refractivity contribution is 5.91. The number of carbonyl (C=O) groups is 1. The molecule has 0 bridgehead atoms. The summed E-state index contributed by atoms with van der Waals surface area (Å²) in [6.45, 7) is 0.287. The van der Waals surface area contributed by atoms with Crippen LogP contribution in [0.5, 0.6) is 0 Å². The summed E-state index contributed by atoms with van der Waals surface area (Å²) in [6, 6.07) is 8.72. The number of aromatic nitrogens is 3. The van der Waals surface area contributed by atoms with E-state index in [2.05, 4.69) is 10.4 Å². The minimum absolute atomic E-state index is 0.0978. The predicted octanol–water partition coefficient (Wildman–Crippen LogP) is 2.51. The zero-order chi connectivity index (χ0) is 25.2. The molecular formula is C23H20F4N4O4. The third-order valence-corrected chi connectivity index (χ3v) is 5.46. The molecule has 2 heterocycles. The van der Waals surface area contributed by atoms with E-state index in [-0.39, 0.29) is 24.9 Å². The SMILES string of the molecule is O=C(NCC1CCCO1)c1nn(-c2cccc(C(F)(F)F)c2)c(=O)n(Cc2ccc(F)cc2)c1=O. The molecule has 0 saturated carbocycles. The molecule has 1 atom stereocenters. The molecule has 2 aromatic carbocycles. The van der Waals surface area contributed by atoms with Crippen molar-refractivity contribution in [2.75, 3.05) is 13.2 Å². The van der Waals surface area contributed by atoms with Gasteiger partial charge in [-0.1, -0.05) is 18.2 Å². The summed E-state index contributed by atoms with van der Waals surface area (Å²) < 4.78 is 59.7. The smallest absolute Gasteiger partial charge is 0.376 e. The molecule has 184 valence electrons. The van der Waals surface area contributed by atoms with Gasteiger partial charge in [-0.05, 0) is 48.7 Å². The molecule has 0 spiro atoms. The molecule has 3 aromatic rings. The van der Waals surface area contributed by atoms with Crippen LogP contribution in [0.15, 0.2) is 58.1 Å². The molecule has 1 aliphatic rings. The average molecular weight is 492 g/mol. The standard InChI is InChI=1S/C23H20F4N4O4/c24-16-8-6-14(7-9-16)13-30-21(33)19(20(32)28-12-18-5-2-10-35-18)29-31(22(30)34)17-4-1-3-15(11-17)23(25,26)27/h1,3-4,6-9,11,18H,2,5,10,12-13H2,(H,28,32).